The molecule has 1 heterocycles. The summed E-state index contributed by atoms with van der Waals surface area (Å²) in [5.41, 5.74) is 1.91. The molecule has 0 saturated heterocycles. The van der Waals surface area contributed by atoms with Gasteiger partial charge in [0.15, 0.2) is 0 Å². The molecule has 0 fully saturated rings. The van der Waals surface area contributed by atoms with Crippen LogP contribution in [-0.4, -0.2) is 21.2 Å². The maximum atomic E-state index is 11.3. The fourth-order valence-corrected chi connectivity index (χ4v) is 2.41. The molecule has 0 aliphatic carbocycles. The summed E-state index contributed by atoms with van der Waals surface area (Å²) in [6, 6.07) is 11.8. The van der Waals surface area contributed by atoms with Crippen molar-refractivity contribution in [2.24, 2.45) is 0 Å². The second-order valence-corrected chi connectivity index (χ2v) is 4.99. The number of pyridine rings is 1. The van der Waals surface area contributed by atoms with Crippen LogP contribution in [0.2, 0.25) is 0 Å². The molecular formula is C17H14N2O3. The molecular weight excluding hydrogens is 280 g/mol. The van der Waals surface area contributed by atoms with Crippen LogP contribution in [0.1, 0.15) is 15.9 Å². The van der Waals surface area contributed by atoms with Crippen LogP contribution in [0.25, 0.3) is 10.8 Å². The van der Waals surface area contributed by atoms with Crippen molar-refractivity contribution in [2.45, 2.75) is 6.92 Å². The number of carbonyl (C=O) groups is 1. The summed E-state index contributed by atoms with van der Waals surface area (Å²) < 4.78 is 0. The number of aromatic nitrogens is 1. The predicted molar refractivity (Wildman–Crippen MR) is 84.8 cm³/mol. The van der Waals surface area contributed by atoms with Crippen molar-refractivity contribution in [3.63, 3.8) is 0 Å². The first-order valence-corrected chi connectivity index (χ1v) is 6.74. The van der Waals surface area contributed by atoms with Crippen molar-refractivity contribution in [3.8, 4) is 5.75 Å². The monoisotopic (exact) mass is 294 g/mol. The van der Waals surface area contributed by atoms with Gasteiger partial charge < -0.3 is 15.5 Å². The van der Waals surface area contributed by atoms with Crippen molar-refractivity contribution < 1.29 is 15.0 Å². The second kappa shape index (κ2) is 5.37. The minimum atomic E-state index is -0.969. The molecule has 3 N–H and O–H groups in total. The van der Waals surface area contributed by atoms with Crippen molar-refractivity contribution >= 4 is 28.2 Å². The highest BCUT2D eigenvalue weighted by atomic mass is 16.4. The zero-order chi connectivity index (χ0) is 15.7. The van der Waals surface area contributed by atoms with Crippen LogP contribution in [0.5, 0.6) is 5.75 Å². The van der Waals surface area contributed by atoms with E-state index in [1.807, 2.05) is 13.0 Å². The second-order valence-electron chi connectivity index (χ2n) is 4.99. The first-order valence-electron chi connectivity index (χ1n) is 6.74. The van der Waals surface area contributed by atoms with Gasteiger partial charge in [-0.25, -0.2) is 9.78 Å². The number of hydrogen-bond acceptors (Lipinski definition) is 4. The van der Waals surface area contributed by atoms with Gasteiger partial charge in [-0.05, 0) is 42.8 Å². The zero-order valence-corrected chi connectivity index (χ0v) is 11.9. The Morgan fingerprint density at radius 1 is 1.14 bits per heavy atom. The van der Waals surface area contributed by atoms with Crippen molar-refractivity contribution in [3.05, 3.63) is 59.8 Å². The Kier molecular flexibility index (Phi) is 3.39. The normalized spacial score (nSPS) is 10.6. The number of anilines is 2. The fourth-order valence-electron chi connectivity index (χ4n) is 2.41. The third-order valence-electron chi connectivity index (χ3n) is 3.50. The average Bonchev–Trinajstić information content (AvgIpc) is 2.49. The first-order chi connectivity index (χ1) is 10.6. The molecule has 5 heteroatoms. The van der Waals surface area contributed by atoms with Gasteiger partial charge in [0.25, 0.3) is 0 Å². The summed E-state index contributed by atoms with van der Waals surface area (Å²) in [6.07, 6.45) is 1.58. The Morgan fingerprint density at radius 2 is 1.95 bits per heavy atom. The number of phenols is 1. The largest absolute Gasteiger partial charge is 0.508 e. The Bertz CT molecular complexity index is 875. The summed E-state index contributed by atoms with van der Waals surface area (Å²) >= 11 is 0. The van der Waals surface area contributed by atoms with Gasteiger partial charge in [0.1, 0.15) is 11.6 Å². The molecule has 0 amide bonds. The molecule has 0 aliphatic rings. The van der Waals surface area contributed by atoms with Crippen LogP contribution < -0.4 is 5.32 Å². The van der Waals surface area contributed by atoms with Gasteiger partial charge in [0, 0.05) is 22.7 Å². The lowest BCUT2D eigenvalue weighted by atomic mass is 10.1. The smallest absolute Gasteiger partial charge is 0.336 e. The summed E-state index contributed by atoms with van der Waals surface area (Å²) in [5.74, 6) is -0.194. The maximum Gasteiger partial charge on any atom is 0.336 e. The number of aromatic hydroxyl groups is 1. The minimum absolute atomic E-state index is 0.196. The number of carboxylic acid groups (broad SMARTS) is 1. The van der Waals surface area contributed by atoms with E-state index < -0.39 is 5.97 Å². The fraction of sp³-hybridized carbons (Fsp3) is 0.0588. The van der Waals surface area contributed by atoms with E-state index in [9.17, 15) is 15.0 Å². The number of nitrogens with one attached hydrogen (secondary N) is 1. The van der Waals surface area contributed by atoms with E-state index in [0.29, 0.717) is 11.2 Å². The molecule has 0 saturated carbocycles. The first kappa shape index (κ1) is 13.9. The lowest BCUT2D eigenvalue weighted by Crippen LogP contribution is -2.00. The van der Waals surface area contributed by atoms with E-state index in [4.69, 9.17) is 0 Å². The Hall–Kier alpha value is -3.08. The number of carboxylic acids is 1. The molecule has 110 valence electrons. The Morgan fingerprint density at radius 3 is 2.68 bits per heavy atom. The van der Waals surface area contributed by atoms with E-state index in [1.54, 1.807) is 42.6 Å². The number of hydrogen-bond donors (Lipinski definition) is 3. The topological polar surface area (TPSA) is 82.5 Å². The lowest BCUT2D eigenvalue weighted by Gasteiger charge is -2.12. The van der Waals surface area contributed by atoms with Crippen LogP contribution in [0.4, 0.5) is 11.5 Å². The molecule has 3 aromatic rings. The third-order valence-corrected chi connectivity index (χ3v) is 3.50. The van der Waals surface area contributed by atoms with Gasteiger partial charge in [-0.1, -0.05) is 12.1 Å². The van der Waals surface area contributed by atoms with Crippen molar-refractivity contribution in [1.29, 1.82) is 0 Å². The van der Waals surface area contributed by atoms with Crippen LogP contribution in [-0.2, 0) is 0 Å². The molecule has 0 atom stereocenters. The molecule has 0 unspecified atom stereocenters. The van der Waals surface area contributed by atoms with E-state index in [-0.39, 0.29) is 11.3 Å². The molecule has 2 aromatic carbocycles. The van der Waals surface area contributed by atoms with Gasteiger partial charge in [0.2, 0.25) is 0 Å². The predicted octanol–water partition coefficient (Wildman–Crippen LogP) is 3.69. The number of phenolic OH excluding ortho intramolecular Hbond substituents is 1. The van der Waals surface area contributed by atoms with Crippen molar-refractivity contribution in [2.75, 3.05) is 5.32 Å². The van der Waals surface area contributed by atoms with Crippen LogP contribution >= 0.6 is 0 Å². The molecule has 0 radical (unpaired) electrons. The molecule has 0 bridgehead atoms. The quantitative estimate of drug-likeness (QED) is 0.642. The van der Waals surface area contributed by atoms with Crippen molar-refractivity contribution in [1.82, 2.24) is 4.98 Å². The molecule has 0 spiro atoms. The molecule has 0 aliphatic heterocycles. The number of aromatic carboxylic acids is 1. The average molecular weight is 294 g/mol. The summed E-state index contributed by atoms with van der Waals surface area (Å²) in [7, 11) is 0. The Labute approximate surface area is 126 Å². The van der Waals surface area contributed by atoms with Gasteiger partial charge in [-0.15, -0.1) is 0 Å². The Balaban J connectivity index is 2.12. The highest BCUT2D eigenvalue weighted by Crippen LogP contribution is 2.29. The standard InChI is InChI=1S/C17H14N2O3/c1-10-9-11(20)5-6-15(10)19-16-13-3-2-4-14(17(21)22)12(13)7-8-18-16/h2-9,20H,1H3,(H,18,19)(H,21,22). The summed E-state index contributed by atoms with van der Waals surface area (Å²) in [6.45, 7) is 1.87. The summed E-state index contributed by atoms with van der Waals surface area (Å²) in [4.78, 5) is 15.6. The zero-order valence-electron chi connectivity index (χ0n) is 11.9. The van der Waals surface area contributed by atoms with Gasteiger partial charge in [0.05, 0.1) is 5.56 Å². The summed E-state index contributed by atoms with van der Waals surface area (Å²) in [5, 5.41) is 23.3. The van der Waals surface area contributed by atoms with E-state index in [0.717, 1.165) is 16.6 Å². The van der Waals surface area contributed by atoms with Crippen LogP contribution in [0.3, 0.4) is 0 Å². The van der Waals surface area contributed by atoms with E-state index in [2.05, 4.69) is 10.3 Å². The van der Waals surface area contributed by atoms with Crippen LogP contribution in [0.15, 0.2) is 48.7 Å². The van der Waals surface area contributed by atoms with E-state index in [1.165, 1.54) is 0 Å². The maximum absolute atomic E-state index is 11.3. The lowest BCUT2D eigenvalue weighted by molar-refractivity contribution is 0.0699. The highest BCUT2D eigenvalue weighted by Gasteiger charge is 2.11. The molecule has 3 rings (SSSR count). The molecule has 22 heavy (non-hydrogen) atoms. The third kappa shape index (κ3) is 2.44. The van der Waals surface area contributed by atoms with Gasteiger partial charge >= 0.3 is 5.97 Å². The molecule has 5 nitrogen and oxygen atoms in total. The number of benzene rings is 2. The minimum Gasteiger partial charge on any atom is -0.508 e. The number of rotatable bonds is 3. The molecule has 1 aromatic heterocycles. The SMILES string of the molecule is Cc1cc(O)ccc1Nc1nccc2c(C(=O)O)cccc12. The number of aryl methyl sites for hydroxylation is 1. The van der Waals surface area contributed by atoms with E-state index >= 15 is 0 Å². The van der Waals surface area contributed by atoms with Gasteiger partial charge in [-0.3, -0.25) is 0 Å². The van der Waals surface area contributed by atoms with Gasteiger partial charge in [-0.2, -0.15) is 0 Å². The highest BCUT2D eigenvalue weighted by molar-refractivity contribution is 6.06. The number of nitrogens with zero attached hydrogens (tertiary/aromatic N) is 1. The van der Waals surface area contributed by atoms with Crippen LogP contribution in [0, 0.1) is 6.92 Å². The number of fused-ring (bicyclic) bond motifs is 1.